The first-order valence-corrected chi connectivity index (χ1v) is 10.2. The Morgan fingerprint density at radius 3 is 2.44 bits per heavy atom. The van der Waals surface area contributed by atoms with E-state index in [2.05, 4.69) is 43.1 Å². The zero-order valence-electron chi connectivity index (χ0n) is 17.2. The molecule has 0 radical (unpaired) electrons. The van der Waals surface area contributed by atoms with Gasteiger partial charge in [-0.25, -0.2) is 0 Å². The van der Waals surface area contributed by atoms with Gasteiger partial charge in [-0.3, -0.25) is 5.32 Å². The molecule has 5 nitrogen and oxygen atoms in total. The van der Waals surface area contributed by atoms with E-state index in [-0.39, 0.29) is 12.3 Å². The number of nitroso groups, excluding NO2 is 1. The van der Waals surface area contributed by atoms with Crippen LogP contribution in [0.15, 0.2) is 5.18 Å². The van der Waals surface area contributed by atoms with Crippen molar-refractivity contribution in [3.05, 3.63) is 4.91 Å². The average molecular weight is 356 g/mol. The van der Waals surface area contributed by atoms with Gasteiger partial charge >= 0.3 is 0 Å². The first kappa shape index (κ1) is 22.5. The zero-order chi connectivity index (χ0) is 18.7. The third-order valence-electron chi connectivity index (χ3n) is 5.64. The van der Waals surface area contributed by atoms with E-state index in [0.29, 0.717) is 18.4 Å². The number of likely N-dealkylation sites (tertiary alicyclic amines) is 1. The largest absolute Gasteiger partial charge is 0.362 e. The lowest BCUT2D eigenvalue weighted by molar-refractivity contribution is 0.00476. The third-order valence-corrected chi connectivity index (χ3v) is 5.64. The average Bonchev–Trinajstić information content (AvgIpc) is 2.59. The standard InChI is InChI=1S/C20H41N3O2/c1-6-7-8-9-18(22-24)16-19(21-5)25-15-14-23-12-10-17(11-13-23)20(2,3)4/h17-19,21H,6-16H2,1-5H3. The molecule has 0 amide bonds. The van der Waals surface area contributed by atoms with Gasteiger partial charge in [0.1, 0.15) is 6.23 Å². The Bertz CT molecular complexity index is 349. The lowest BCUT2D eigenvalue weighted by Gasteiger charge is -2.38. The van der Waals surface area contributed by atoms with Crippen LogP contribution in [0.2, 0.25) is 0 Å². The van der Waals surface area contributed by atoms with Gasteiger partial charge in [-0.15, -0.1) is 0 Å². The van der Waals surface area contributed by atoms with Crippen molar-refractivity contribution in [1.29, 1.82) is 0 Å². The van der Waals surface area contributed by atoms with Crippen molar-refractivity contribution in [3.8, 4) is 0 Å². The van der Waals surface area contributed by atoms with Crippen LogP contribution in [0, 0.1) is 16.2 Å². The number of unbranched alkanes of at least 4 members (excludes halogenated alkanes) is 2. The number of nitrogens with zero attached hydrogens (tertiary/aromatic N) is 2. The molecule has 0 aromatic rings. The molecule has 1 saturated heterocycles. The SMILES string of the molecule is CCCCCC(CC(NC)OCCN1CCC(C(C)(C)C)CC1)N=O. The maximum absolute atomic E-state index is 11.0. The smallest absolute Gasteiger partial charge is 0.110 e. The molecule has 1 fully saturated rings. The maximum atomic E-state index is 11.0. The van der Waals surface area contributed by atoms with Crippen molar-refractivity contribution in [2.45, 2.75) is 84.9 Å². The van der Waals surface area contributed by atoms with E-state index in [1.54, 1.807) is 0 Å². The Balaban J connectivity index is 2.23. The van der Waals surface area contributed by atoms with Crippen LogP contribution in [0.1, 0.15) is 72.6 Å². The quantitative estimate of drug-likeness (QED) is 0.320. The maximum Gasteiger partial charge on any atom is 0.110 e. The van der Waals surface area contributed by atoms with Crippen molar-refractivity contribution in [1.82, 2.24) is 10.2 Å². The normalized spacial score (nSPS) is 19.7. The van der Waals surface area contributed by atoms with Gasteiger partial charge in [0.05, 0.1) is 12.6 Å². The summed E-state index contributed by atoms with van der Waals surface area (Å²) in [5.74, 6) is 0.831. The van der Waals surface area contributed by atoms with Gasteiger partial charge in [-0.05, 0) is 50.7 Å². The minimum Gasteiger partial charge on any atom is -0.362 e. The summed E-state index contributed by atoms with van der Waals surface area (Å²) >= 11 is 0. The van der Waals surface area contributed by atoms with Gasteiger partial charge in [0.15, 0.2) is 0 Å². The molecule has 2 atom stereocenters. The summed E-state index contributed by atoms with van der Waals surface area (Å²) in [4.78, 5) is 13.5. The monoisotopic (exact) mass is 355 g/mol. The second-order valence-corrected chi connectivity index (χ2v) is 8.62. The fraction of sp³-hybridized carbons (Fsp3) is 1.00. The Hall–Kier alpha value is -0.520. The van der Waals surface area contributed by atoms with Crippen LogP contribution in [0.5, 0.6) is 0 Å². The topological polar surface area (TPSA) is 53.9 Å². The number of rotatable bonds is 12. The number of hydrogen-bond acceptors (Lipinski definition) is 5. The Morgan fingerprint density at radius 2 is 1.92 bits per heavy atom. The van der Waals surface area contributed by atoms with Crippen LogP contribution in [-0.4, -0.2) is 50.5 Å². The van der Waals surface area contributed by atoms with E-state index in [1.165, 1.54) is 38.8 Å². The lowest BCUT2D eigenvalue weighted by Crippen LogP contribution is -2.41. The highest BCUT2D eigenvalue weighted by atomic mass is 16.5. The van der Waals surface area contributed by atoms with Crippen molar-refractivity contribution in [2.24, 2.45) is 16.5 Å². The fourth-order valence-corrected chi connectivity index (χ4v) is 3.71. The molecule has 1 aliphatic rings. The van der Waals surface area contributed by atoms with Gasteiger partial charge in [0, 0.05) is 13.0 Å². The van der Waals surface area contributed by atoms with E-state index in [4.69, 9.17) is 4.74 Å². The molecule has 1 rings (SSSR count). The zero-order valence-corrected chi connectivity index (χ0v) is 17.2. The number of hydrogen-bond donors (Lipinski definition) is 1. The van der Waals surface area contributed by atoms with Crippen molar-refractivity contribution in [2.75, 3.05) is 33.3 Å². The number of piperidine rings is 1. The van der Waals surface area contributed by atoms with Crippen molar-refractivity contribution >= 4 is 0 Å². The Kier molecular flexibility index (Phi) is 10.8. The first-order valence-electron chi connectivity index (χ1n) is 10.2. The molecule has 148 valence electrons. The van der Waals surface area contributed by atoms with E-state index >= 15 is 0 Å². The second kappa shape index (κ2) is 12.0. The molecule has 0 aliphatic carbocycles. The van der Waals surface area contributed by atoms with E-state index in [9.17, 15) is 4.91 Å². The highest BCUT2D eigenvalue weighted by Gasteiger charge is 2.28. The minimum absolute atomic E-state index is 0.0727. The van der Waals surface area contributed by atoms with Crippen molar-refractivity contribution in [3.63, 3.8) is 0 Å². The fourth-order valence-electron chi connectivity index (χ4n) is 3.71. The summed E-state index contributed by atoms with van der Waals surface area (Å²) in [7, 11) is 1.90. The minimum atomic E-state index is -0.133. The first-order chi connectivity index (χ1) is 11.9. The summed E-state index contributed by atoms with van der Waals surface area (Å²) < 4.78 is 5.98. The highest BCUT2D eigenvalue weighted by molar-refractivity contribution is 4.80. The summed E-state index contributed by atoms with van der Waals surface area (Å²) in [5.41, 5.74) is 0.425. The molecule has 0 spiro atoms. The van der Waals surface area contributed by atoms with E-state index in [1.807, 2.05) is 7.05 Å². The van der Waals surface area contributed by atoms with Crippen LogP contribution in [0.3, 0.4) is 0 Å². The Morgan fingerprint density at radius 1 is 1.24 bits per heavy atom. The molecule has 25 heavy (non-hydrogen) atoms. The number of ether oxygens (including phenoxy) is 1. The molecular formula is C20H41N3O2. The van der Waals surface area contributed by atoms with Crippen LogP contribution in [-0.2, 0) is 4.74 Å². The Labute approximate surface area is 155 Å². The molecule has 2 unspecified atom stereocenters. The number of nitrogens with one attached hydrogen (secondary N) is 1. The third kappa shape index (κ3) is 9.11. The molecule has 0 aromatic heterocycles. The van der Waals surface area contributed by atoms with Crippen molar-refractivity contribution < 1.29 is 4.74 Å². The molecule has 0 bridgehead atoms. The summed E-state index contributed by atoms with van der Waals surface area (Å²) in [6.45, 7) is 13.3. The molecule has 5 heteroatoms. The van der Waals surface area contributed by atoms with Crippen LogP contribution in [0.4, 0.5) is 0 Å². The molecule has 1 aliphatic heterocycles. The predicted molar refractivity (Wildman–Crippen MR) is 106 cm³/mol. The molecule has 1 heterocycles. The van der Waals surface area contributed by atoms with E-state index < -0.39 is 0 Å². The van der Waals surface area contributed by atoms with Gasteiger partial charge in [0.2, 0.25) is 0 Å². The van der Waals surface area contributed by atoms with Crippen LogP contribution >= 0.6 is 0 Å². The summed E-state index contributed by atoms with van der Waals surface area (Å²) in [5, 5.41) is 6.48. The summed E-state index contributed by atoms with van der Waals surface area (Å²) in [6, 6.07) is -0.133. The summed E-state index contributed by atoms with van der Waals surface area (Å²) in [6.07, 6.45) is 7.46. The molecule has 1 N–H and O–H groups in total. The van der Waals surface area contributed by atoms with Crippen LogP contribution in [0.25, 0.3) is 0 Å². The predicted octanol–water partition coefficient (Wildman–Crippen LogP) is 4.41. The molecule has 0 saturated carbocycles. The highest BCUT2D eigenvalue weighted by Crippen LogP contribution is 2.34. The van der Waals surface area contributed by atoms with Gasteiger partial charge in [0.25, 0.3) is 0 Å². The van der Waals surface area contributed by atoms with Gasteiger partial charge < -0.3 is 9.64 Å². The van der Waals surface area contributed by atoms with E-state index in [0.717, 1.165) is 25.3 Å². The second-order valence-electron chi connectivity index (χ2n) is 8.62. The van der Waals surface area contributed by atoms with Crippen LogP contribution < -0.4 is 5.32 Å². The molecular weight excluding hydrogens is 314 g/mol. The van der Waals surface area contributed by atoms with Gasteiger partial charge in [-0.2, -0.15) is 4.91 Å². The van der Waals surface area contributed by atoms with Gasteiger partial charge in [-0.1, -0.05) is 52.1 Å². The lowest BCUT2D eigenvalue weighted by atomic mass is 9.75. The molecule has 0 aromatic carbocycles.